The predicted octanol–water partition coefficient (Wildman–Crippen LogP) is 3.41. The number of rotatable bonds is 4. The highest BCUT2D eigenvalue weighted by Crippen LogP contribution is 2.41. The second kappa shape index (κ2) is 6.20. The number of carbonyl (C=O) groups is 1. The van der Waals surface area contributed by atoms with E-state index < -0.39 is 11.6 Å². The fourth-order valence-corrected chi connectivity index (χ4v) is 2.66. The van der Waals surface area contributed by atoms with Crippen LogP contribution >= 0.6 is 0 Å². The number of hydrogen-bond acceptors (Lipinski definition) is 4. The first-order valence-corrected chi connectivity index (χ1v) is 7.39. The van der Waals surface area contributed by atoms with Crippen molar-refractivity contribution in [1.29, 1.82) is 0 Å². The van der Waals surface area contributed by atoms with Gasteiger partial charge in [-0.2, -0.15) is 0 Å². The van der Waals surface area contributed by atoms with Crippen molar-refractivity contribution in [1.82, 2.24) is 0 Å². The maximum Gasteiger partial charge on any atom is 0.356 e. The number of ether oxygens (including phenoxy) is 1. The molecule has 1 aliphatic rings. The molecule has 0 saturated heterocycles. The zero-order valence-electron chi connectivity index (χ0n) is 12.7. The van der Waals surface area contributed by atoms with Crippen LogP contribution in [0.2, 0.25) is 0 Å². The van der Waals surface area contributed by atoms with Gasteiger partial charge in [-0.3, -0.25) is 0 Å². The number of oxime groups is 1. The van der Waals surface area contributed by atoms with Crippen LogP contribution in [0.3, 0.4) is 0 Å². The molecule has 0 aliphatic carbocycles. The first-order valence-electron chi connectivity index (χ1n) is 7.39. The van der Waals surface area contributed by atoms with Gasteiger partial charge in [-0.1, -0.05) is 47.6 Å². The zero-order valence-corrected chi connectivity index (χ0v) is 12.7. The lowest BCUT2D eigenvalue weighted by molar-refractivity contribution is -0.135. The third kappa shape index (κ3) is 2.82. The molecular weight excluding hydrogens is 297 g/mol. The Hall–Kier alpha value is -2.69. The second-order valence-electron chi connectivity index (χ2n) is 5.23. The summed E-state index contributed by atoms with van der Waals surface area (Å²) in [6.45, 7) is 2.01. The first kappa shape index (κ1) is 15.2. The molecule has 0 spiro atoms. The molecule has 118 valence electrons. The van der Waals surface area contributed by atoms with Crippen LogP contribution in [0.4, 0.5) is 4.39 Å². The van der Waals surface area contributed by atoms with E-state index in [0.29, 0.717) is 0 Å². The van der Waals surface area contributed by atoms with E-state index in [1.807, 2.05) is 30.3 Å². The fourth-order valence-electron chi connectivity index (χ4n) is 2.66. The van der Waals surface area contributed by atoms with Crippen LogP contribution < -0.4 is 0 Å². The Morgan fingerprint density at radius 3 is 2.48 bits per heavy atom. The quantitative estimate of drug-likeness (QED) is 0.813. The number of hydrogen-bond donors (Lipinski definition) is 0. The van der Waals surface area contributed by atoms with E-state index in [1.54, 1.807) is 19.1 Å². The van der Waals surface area contributed by atoms with Gasteiger partial charge in [-0.25, -0.2) is 9.18 Å². The van der Waals surface area contributed by atoms with Gasteiger partial charge in [0.15, 0.2) is 11.3 Å². The summed E-state index contributed by atoms with van der Waals surface area (Å²) in [6.07, 6.45) is 0.238. The molecule has 23 heavy (non-hydrogen) atoms. The van der Waals surface area contributed by atoms with Crippen molar-refractivity contribution in [3.05, 3.63) is 71.5 Å². The molecule has 5 heteroatoms. The highest BCUT2D eigenvalue weighted by atomic mass is 19.1. The van der Waals surface area contributed by atoms with Crippen molar-refractivity contribution in [3.8, 4) is 0 Å². The lowest BCUT2D eigenvalue weighted by atomic mass is 9.82. The van der Waals surface area contributed by atoms with Gasteiger partial charge in [0.05, 0.1) is 13.0 Å². The molecular formula is C18H16FNO3. The highest BCUT2D eigenvalue weighted by molar-refractivity contribution is 6.37. The van der Waals surface area contributed by atoms with E-state index in [4.69, 9.17) is 9.57 Å². The van der Waals surface area contributed by atoms with Crippen molar-refractivity contribution >= 4 is 11.7 Å². The predicted molar refractivity (Wildman–Crippen MR) is 83.4 cm³/mol. The van der Waals surface area contributed by atoms with Crippen molar-refractivity contribution in [2.45, 2.75) is 18.9 Å². The van der Waals surface area contributed by atoms with Crippen molar-refractivity contribution in [2.75, 3.05) is 6.61 Å². The maximum atomic E-state index is 13.3. The van der Waals surface area contributed by atoms with Crippen molar-refractivity contribution in [2.24, 2.45) is 5.16 Å². The van der Waals surface area contributed by atoms with E-state index in [2.05, 4.69) is 5.16 Å². The van der Waals surface area contributed by atoms with E-state index in [-0.39, 0.29) is 24.6 Å². The summed E-state index contributed by atoms with van der Waals surface area (Å²) in [4.78, 5) is 17.7. The van der Waals surface area contributed by atoms with Gasteiger partial charge in [-0.05, 0) is 19.1 Å². The minimum Gasteiger partial charge on any atom is -0.461 e. The molecule has 2 aromatic carbocycles. The van der Waals surface area contributed by atoms with Gasteiger partial charge < -0.3 is 9.57 Å². The van der Waals surface area contributed by atoms with Crippen molar-refractivity contribution < 1.29 is 18.8 Å². The van der Waals surface area contributed by atoms with Crippen LogP contribution in [0.25, 0.3) is 0 Å². The lowest BCUT2D eigenvalue weighted by Gasteiger charge is -2.27. The molecule has 1 atom stereocenters. The molecule has 0 fully saturated rings. The van der Waals surface area contributed by atoms with E-state index >= 15 is 0 Å². The average molecular weight is 313 g/mol. The Morgan fingerprint density at radius 2 is 1.83 bits per heavy atom. The minimum atomic E-state index is -0.947. The lowest BCUT2D eigenvalue weighted by Crippen LogP contribution is -2.29. The molecule has 4 nitrogen and oxygen atoms in total. The van der Waals surface area contributed by atoms with E-state index in [1.165, 1.54) is 12.1 Å². The monoisotopic (exact) mass is 313 g/mol. The summed E-state index contributed by atoms with van der Waals surface area (Å²) in [5.74, 6) is -0.825. The first-order chi connectivity index (χ1) is 11.2. The minimum absolute atomic E-state index is 0.222. The van der Waals surface area contributed by atoms with Gasteiger partial charge in [0.25, 0.3) is 0 Å². The summed E-state index contributed by atoms with van der Waals surface area (Å²) in [5, 5.41) is 3.93. The largest absolute Gasteiger partial charge is 0.461 e. The Kier molecular flexibility index (Phi) is 4.10. The zero-order chi connectivity index (χ0) is 16.3. The van der Waals surface area contributed by atoms with Gasteiger partial charge in [-0.15, -0.1) is 0 Å². The SMILES string of the molecule is CCOC(=O)C1=NOC(c2ccccc2)(c2ccc(F)cc2)C1. The molecule has 1 heterocycles. The summed E-state index contributed by atoms with van der Waals surface area (Å²) in [5.41, 5.74) is 0.847. The summed E-state index contributed by atoms with van der Waals surface area (Å²) in [6, 6.07) is 15.5. The van der Waals surface area contributed by atoms with E-state index in [0.717, 1.165) is 11.1 Å². The van der Waals surface area contributed by atoms with Gasteiger partial charge in [0, 0.05) is 11.1 Å². The summed E-state index contributed by atoms with van der Waals surface area (Å²) in [7, 11) is 0. The molecule has 1 unspecified atom stereocenters. The number of esters is 1. The molecule has 0 bridgehead atoms. The maximum absolute atomic E-state index is 13.3. The summed E-state index contributed by atoms with van der Waals surface area (Å²) < 4.78 is 18.3. The standard InChI is InChI=1S/C18H16FNO3/c1-2-22-17(21)16-12-18(23-20-16,13-6-4-3-5-7-13)14-8-10-15(19)11-9-14/h3-11H,2,12H2,1H3. The molecule has 0 N–H and O–H groups in total. The van der Waals surface area contributed by atoms with Gasteiger partial charge in [0.2, 0.25) is 0 Å². The normalized spacial score (nSPS) is 19.8. The highest BCUT2D eigenvalue weighted by Gasteiger charge is 2.45. The molecule has 0 amide bonds. The number of nitrogens with zero attached hydrogens (tertiary/aromatic N) is 1. The fraction of sp³-hybridized carbons (Fsp3) is 0.222. The smallest absolute Gasteiger partial charge is 0.356 e. The average Bonchev–Trinajstić information content (AvgIpc) is 3.03. The molecule has 0 radical (unpaired) electrons. The molecule has 2 aromatic rings. The van der Waals surface area contributed by atoms with Crippen LogP contribution in [-0.2, 0) is 20.0 Å². The molecule has 1 aliphatic heterocycles. The van der Waals surface area contributed by atoms with Gasteiger partial charge >= 0.3 is 5.97 Å². The van der Waals surface area contributed by atoms with Crippen LogP contribution in [0, 0.1) is 5.82 Å². The molecule has 3 rings (SSSR count). The third-order valence-corrected chi connectivity index (χ3v) is 3.79. The Bertz CT molecular complexity index is 728. The second-order valence-corrected chi connectivity index (χ2v) is 5.23. The van der Waals surface area contributed by atoms with Crippen LogP contribution in [0.1, 0.15) is 24.5 Å². The number of halogens is 1. The van der Waals surface area contributed by atoms with Gasteiger partial charge in [0.1, 0.15) is 5.82 Å². The van der Waals surface area contributed by atoms with Crippen LogP contribution in [0.5, 0.6) is 0 Å². The Labute approximate surface area is 133 Å². The van der Waals surface area contributed by atoms with Crippen LogP contribution in [0.15, 0.2) is 59.8 Å². The number of carbonyl (C=O) groups excluding carboxylic acids is 1. The molecule has 0 saturated carbocycles. The number of benzene rings is 2. The summed E-state index contributed by atoms with van der Waals surface area (Å²) >= 11 is 0. The van der Waals surface area contributed by atoms with E-state index in [9.17, 15) is 9.18 Å². The Balaban J connectivity index is 2.01. The van der Waals surface area contributed by atoms with Crippen molar-refractivity contribution in [3.63, 3.8) is 0 Å². The molecule has 0 aromatic heterocycles. The third-order valence-electron chi connectivity index (χ3n) is 3.79. The Morgan fingerprint density at radius 1 is 1.17 bits per heavy atom. The topological polar surface area (TPSA) is 47.9 Å². The van der Waals surface area contributed by atoms with Crippen LogP contribution in [-0.4, -0.2) is 18.3 Å².